The first-order valence-electron chi connectivity index (χ1n) is 16.4. The lowest BCUT2D eigenvalue weighted by molar-refractivity contribution is 0.0813. The zero-order chi connectivity index (χ0) is 33.7. The molecule has 1 fully saturated rings. The molecule has 1 aromatic heterocycles. The number of benzene rings is 3. The number of fused-ring (bicyclic) bond motifs is 1. The highest BCUT2D eigenvalue weighted by molar-refractivity contribution is 7.88. The van der Waals surface area contributed by atoms with Gasteiger partial charge in [0, 0.05) is 85.2 Å². The summed E-state index contributed by atoms with van der Waals surface area (Å²) in [6.07, 6.45) is 4.25. The van der Waals surface area contributed by atoms with Crippen LogP contribution in [0.2, 0.25) is 10.0 Å². The molecule has 0 unspecified atom stereocenters. The van der Waals surface area contributed by atoms with Crippen LogP contribution < -0.4 is 5.32 Å². The van der Waals surface area contributed by atoms with E-state index in [9.17, 15) is 13.5 Å². The van der Waals surface area contributed by atoms with Crippen LogP contribution >= 0.6 is 23.2 Å². The number of piperidine rings is 1. The van der Waals surface area contributed by atoms with E-state index in [0.717, 1.165) is 97.2 Å². The van der Waals surface area contributed by atoms with Crippen molar-refractivity contribution in [2.45, 2.75) is 58.0 Å². The van der Waals surface area contributed by atoms with Gasteiger partial charge in [-0.1, -0.05) is 65.4 Å². The fraction of sp³-hybridized carbons (Fsp3) is 0.378. The number of halogens is 2. The van der Waals surface area contributed by atoms with Gasteiger partial charge in [-0.2, -0.15) is 9.40 Å². The number of aliphatic hydroxyl groups excluding tert-OH is 1. The number of hydrogen-bond acceptors (Lipinski definition) is 6. The van der Waals surface area contributed by atoms with Crippen molar-refractivity contribution in [1.82, 2.24) is 24.3 Å². The standard InChI is InChI=1S/C37H41Cl2N5O3S/c1-48(46,47)43-22-17-36-34(26-43)37(41-44(36)19-2-18-42-20-15-33(45)16-21-42)31-11-14-35(39)30(23-31)10-7-27-3-5-28(6-4-27)24-40-25-29-8-12-32(38)13-9-29/h3-6,8-9,11-14,23,33,40,45H,2,15-22,24-26H2,1H3. The number of likely N-dealkylation sites (tertiary alicyclic amines) is 1. The maximum atomic E-state index is 12.5. The van der Waals surface area contributed by atoms with Crippen molar-refractivity contribution in [3.05, 3.63) is 110 Å². The molecule has 0 saturated carbocycles. The van der Waals surface area contributed by atoms with Crippen LogP contribution in [0.5, 0.6) is 0 Å². The van der Waals surface area contributed by atoms with Gasteiger partial charge in [-0.3, -0.25) is 4.68 Å². The van der Waals surface area contributed by atoms with E-state index >= 15 is 0 Å². The van der Waals surface area contributed by atoms with Crippen molar-refractivity contribution in [3.63, 3.8) is 0 Å². The summed E-state index contributed by atoms with van der Waals surface area (Å²) in [5.74, 6) is 6.50. The first-order valence-corrected chi connectivity index (χ1v) is 19.0. The van der Waals surface area contributed by atoms with E-state index in [4.69, 9.17) is 28.3 Å². The van der Waals surface area contributed by atoms with E-state index < -0.39 is 10.0 Å². The van der Waals surface area contributed by atoms with E-state index in [1.54, 1.807) is 0 Å². The average Bonchev–Trinajstić information content (AvgIpc) is 3.44. The molecule has 6 rings (SSSR count). The minimum Gasteiger partial charge on any atom is -0.393 e. The molecule has 2 N–H and O–H groups in total. The number of nitrogens with one attached hydrogen (secondary N) is 1. The first-order chi connectivity index (χ1) is 23.1. The Hall–Kier alpha value is -3.20. The van der Waals surface area contributed by atoms with E-state index in [2.05, 4.69) is 38.9 Å². The lowest BCUT2D eigenvalue weighted by atomic mass is 10.0. The Morgan fingerprint density at radius 2 is 1.60 bits per heavy atom. The van der Waals surface area contributed by atoms with E-state index in [1.807, 2.05) is 54.6 Å². The molecule has 0 radical (unpaired) electrons. The van der Waals surface area contributed by atoms with Crippen LogP contribution in [-0.2, 0) is 42.6 Å². The Kier molecular flexibility index (Phi) is 11.2. The highest BCUT2D eigenvalue weighted by Gasteiger charge is 2.30. The Balaban J connectivity index is 1.17. The van der Waals surface area contributed by atoms with Gasteiger partial charge in [0.05, 0.1) is 23.1 Å². The number of hydrogen-bond donors (Lipinski definition) is 2. The topological polar surface area (TPSA) is 90.7 Å². The molecule has 0 amide bonds. The second kappa shape index (κ2) is 15.6. The van der Waals surface area contributed by atoms with Crippen molar-refractivity contribution >= 4 is 33.2 Å². The molecule has 8 nitrogen and oxygen atoms in total. The molecule has 2 aliphatic heterocycles. The van der Waals surface area contributed by atoms with Gasteiger partial charge in [0.2, 0.25) is 10.0 Å². The Labute approximate surface area is 293 Å². The fourth-order valence-electron chi connectivity index (χ4n) is 6.32. The average molecular weight is 707 g/mol. The summed E-state index contributed by atoms with van der Waals surface area (Å²) >= 11 is 12.6. The highest BCUT2D eigenvalue weighted by atomic mass is 35.5. The third-order valence-corrected chi connectivity index (χ3v) is 10.9. The summed E-state index contributed by atoms with van der Waals surface area (Å²) in [7, 11) is -3.35. The third kappa shape index (κ3) is 8.87. The molecule has 2 aliphatic rings. The molecule has 3 heterocycles. The zero-order valence-electron chi connectivity index (χ0n) is 27.1. The molecular weight excluding hydrogens is 665 g/mol. The summed E-state index contributed by atoms with van der Waals surface area (Å²) in [4.78, 5) is 2.40. The predicted molar refractivity (Wildman–Crippen MR) is 192 cm³/mol. The van der Waals surface area contributed by atoms with E-state index in [-0.39, 0.29) is 12.6 Å². The second-order valence-corrected chi connectivity index (χ2v) is 15.5. The summed E-state index contributed by atoms with van der Waals surface area (Å²) in [6, 6.07) is 21.7. The van der Waals surface area contributed by atoms with Crippen LogP contribution in [0.25, 0.3) is 11.3 Å². The highest BCUT2D eigenvalue weighted by Crippen LogP contribution is 2.33. The van der Waals surface area contributed by atoms with Crippen molar-refractivity contribution < 1.29 is 13.5 Å². The molecule has 0 aliphatic carbocycles. The molecule has 1 saturated heterocycles. The van der Waals surface area contributed by atoms with Crippen molar-refractivity contribution in [2.24, 2.45) is 0 Å². The minimum absolute atomic E-state index is 0.187. The van der Waals surface area contributed by atoms with E-state index in [1.165, 1.54) is 16.1 Å². The van der Waals surface area contributed by atoms with Crippen LogP contribution in [0.4, 0.5) is 0 Å². The molecule has 4 aromatic rings. The quantitative estimate of drug-likeness (QED) is 0.206. The Bertz CT molecular complexity index is 1890. The van der Waals surface area contributed by atoms with Gasteiger partial charge in [0.25, 0.3) is 0 Å². The van der Waals surface area contributed by atoms with Crippen LogP contribution in [-0.4, -0.2) is 71.0 Å². The molecule has 0 atom stereocenters. The van der Waals surface area contributed by atoms with E-state index in [0.29, 0.717) is 23.6 Å². The summed E-state index contributed by atoms with van der Waals surface area (Å²) in [5, 5.41) is 19.6. The molecule has 0 spiro atoms. The van der Waals surface area contributed by atoms with Crippen LogP contribution in [0.3, 0.4) is 0 Å². The number of aryl methyl sites for hydroxylation is 1. The van der Waals surface area contributed by atoms with Crippen molar-refractivity contribution in [3.8, 4) is 23.1 Å². The van der Waals surface area contributed by atoms with Gasteiger partial charge >= 0.3 is 0 Å². The summed E-state index contributed by atoms with van der Waals surface area (Å²) in [5.41, 5.74) is 7.57. The number of nitrogens with zero attached hydrogens (tertiary/aromatic N) is 4. The number of sulfonamides is 1. The van der Waals surface area contributed by atoms with Crippen molar-refractivity contribution in [2.75, 3.05) is 32.4 Å². The van der Waals surface area contributed by atoms with Crippen molar-refractivity contribution in [1.29, 1.82) is 0 Å². The van der Waals surface area contributed by atoms with Crippen LogP contribution in [0.1, 0.15) is 52.8 Å². The predicted octanol–water partition coefficient (Wildman–Crippen LogP) is 5.71. The van der Waals surface area contributed by atoms with Crippen LogP contribution in [0.15, 0.2) is 66.7 Å². The number of aliphatic hydroxyl groups is 1. The van der Waals surface area contributed by atoms with Gasteiger partial charge in [-0.05, 0) is 73.3 Å². The minimum atomic E-state index is -3.35. The largest absolute Gasteiger partial charge is 0.393 e. The molecular formula is C37H41Cl2N5O3S. The fourth-order valence-corrected chi connectivity index (χ4v) is 7.40. The smallest absolute Gasteiger partial charge is 0.211 e. The summed E-state index contributed by atoms with van der Waals surface area (Å²) in [6.45, 7) is 5.72. The normalized spacial score (nSPS) is 16.0. The van der Waals surface area contributed by atoms with Crippen LogP contribution in [0, 0.1) is 11.8 Å². The zero-order valence-corrected chi connectivity index (χ0v) is 29.5. The second-order valence-electron chi connectivity index (χ2n) is 12.6. The molecule has 3 aromatic carbocycles. The maximum absolute atomic E-state index is 12.5. The third-order valence-electron chi connectivity index (χ3n) is 9.08. The number of rotatable bonds is 10. The van der Waals surface area contributed by atoms with Gasteiger partial charge < -0.3 is 15.3 Å². The molecule has 252 valence electrons. The molecule has 11 heteroatoms. The van der Waals surface area contributed by atoms with Gasteiger partial charge in [-0.25, -0.2) is 8.42 Å². The summed E-state index contributed by atoms with van der Waals surface area (Å²) < 4.78 is 28.6. The SMILES string of the molecule is CS(=O)(=O)N1CCc2c(c(-c3ccc(Cl)c(C#Cc4ccc(CNCc5ccc(Cl)cc5)cc4)c3)nn2CCCN2CCC(O)CC2)C1. The lowest BCUT2D eigenvalue weighted by Crippen LogP contribution is -2.37. The maximum Gasteiger partial charge on any atom is 0.211 e. The Morgan fingerprint density at radius 3 is 2.29 bits per heavy atom. The first kappa shape index (κ1) is 34.7. The molecule has 0 bridgehead atoms. The van der Waals surface area contributed by atoms with Gasteiger partial charge in [0.1, 0.15) is 0 Å². The number of aromatic nitrogens is 2. The lowest BCUT2D eigenvalue weighted by Gasteiger charge is -2.29. The van der Waals surface area contributed by atoms with Gasteiger partial charge in [-0.15, -0.1) is 0 Å². The van der Waals surface area contributed by atoms with Gasteiger partial charge in [0.15, 0.2) is 0 Å². The monoisotopic (exact) mass is 705 g/mol. The Morgan fingerprint density at radius 1 is 0.917 bits per heavy atom. The molecule has 48 heavy (non-hydrogen) atoms.